The Balaban J connectivity index is 4.46. The summed E-state index contributed by atoms with van der Waals surface area (Å²) in [7, 11) is -9.94. The van der Waals surface area contributed by atoms with Gasteiger partial charge in [-0.25, -0.2) is 13.8 Å². The van der Waals surface area contributed by atoms with Crippen molar-refractivity contribution < 1.29 is 39.5 Å². The molecule has 0 saturated heterocycles. The first-order valence-corrected chi connectivity index (χ1v) is 5.55. The molecular formula is C2H7NO9S2. The lowest BCUT2D eigenvalue weighted by molar-refractivity contribution is -0.0231. The molecule has 0 aliphatic carbocycles. The van der Waals surface area contributed by atoms with Crippen molar-refractivity contribution in [1.82, 2.24) is 5.48 Å². The van der Waals surface area contributed by atoms with Crippen molar-refractivity contribution in [2.45, 2.75) is 6.29 Å². The summed E-state index contributed by atoms with van der Waals surface area (Å²) in [4.78, 5) is 0. The van der Waals surface area contributed by atoms with Gasteiger partial charge in [0.2, 0.25) is 6.29 Å². The zero-order chi connectivity index (χ0) is 11.4. The van der Waals surface area contributed by atoms with Crippen LogP contribution >= 0.6 is 0 Å². The Labute approximate surface area is 79.3 Å². The largest absolute Gasteiger partial charge is 0.399 e. The fourth-order valence-corrected chi connectivity index (χ4v) is 1.24. The van der Waals surface area contributed by atoms with Gasteiger partial charge in [0.05, 0.1) is 6.54 Å². The maximum atomic E-state index is 10.1. The summed E-state index contributed by atoms with van der Waals surface area (Å²) in [6.45, 7) is -0.820. The van der Waals surface area contributed by atoms with E-state index in [0.717, 1.165) is 0 Å². The summed E-state index contributed by atoms with van der Waals surface area (Å²) in [5.74, 6) is 0. The van der Waals surface area contributed by atoms with Crippen LogP contribution in [0.3, 0.4) is 0 Å². The molecule has 0 aromatic heterocycles. The Morgan fingerprint density at radius 3 is 1.64 bits per heavy atom. The first kappa shape index (κ1) is 13.7. The maximum absolute atomic E-state index is 10.1. The topological polar surface area (TPSA) is 159 Å². The van der Waals surface area contributed by atoms with Gasteiger partial charge in [0.15, 0.2) is 0 Å². The molecule has 0 aromatic rings. The lowest BCUT2D eigenvalue weighted by atomic mass is 10.7. The maximum Gasteiger partial charge on any atom is 0.399 e. The molecular weight excluding hydrogens is 246 g/mol. The molecule has 10 nitrogen and oxygen atoms in total. The lowest BCUT2D eigenvalue weighted by Crippen LogP contribution is -2.33. The molecule has 86 valence electrons. The van der Waals surface area contributed by atoms with Crippen LogP contribution in [0.5, 0.6) is 0 Å². The van der Waals surface area contributed by atoms with Crippen LogP contribution in [-0.2, 0) is 29.2 Å². The van der Waals surface area contributed by atoms with Crippen molar-refractivity contribution in [3.8, 4) is 0 Å². The van der Waals surface area contributed by atoms with E-state index in [4.69, 9.17) is 14.3 Å². The van der Waals surface area contributed by atoms with Gasteiger partial charge in [-0.3, -0.25) is 9.11 Å². The van der Waals surface area contributed by atoms with E-state index in [2.05, 4.69) is 8.37 Å². The minimum Gasteiger partial charge on any atom is -0.317 e. The minimum atomic E-state index is -4.97. The van der Waals surface area contributed by atoms with Gasteiger partial charge in [0.1, 0.15) is 0 Å². The number of hydrogen-bond acceptors (Lipinski definition) is 8. The molecule has 0 atom stereocenters. The van der Waals surface area contributed by atoms with E-state index < -0.39 is 33.6 Å². The molecule has 0 bridgehead atoms. The number of rotatable bonds is 6. The Morgan fingerprint density at radius 2 is 1.43 bits per heavy atom. The fourth-order valence-electron chi connectivity index (χ4n) is 0.430. The van der Waals surface area contributed by atoms with Crippen LogP contribution in [0.1, 0.15) is 0 Å². The second-order valence-corrected chi connectivity index (χ2v) is 3.94. The zero-order valence-corrected chi connectivity index (χ0v) is 8.03. The number of hydroxylamine groups is 1. The van der Waals surface area contributed by atoms with Crippen molar-refractivity contribution in [3.63, 3.8) is 0 Å². The average molecular weight is 253 g/mol. The number of nitrogens with one attached hydrogen (secondary N) is 1. The summed E-state index contributed by atoms with van der Waals surface area (Å²) >= 11 is 0. The molecule has 0 rings (SSSR count). The standard InChI is InChI=1S/C2H7NO9S2/c4-3-1-2(11-13(5,6)7)12-14(8,9)10/h2-4H,1H2,(H,5,6,7)(H,8,9,10). The van der Waals surface area contributed by atoms with Gasteiger partial charge in [-0.15, -0.1) is 0 Å². The van der Waals surface area contributed by atoms with Crippen molar-refractivity contribution in [2.24, 2.45) is 0 Å². The molecule has 4 N–H and O–H groups in total. The van der Waals surface area contributed by atoms with Crippen molar-refractivity contribution in [1.29, 1.82) is 0 Å². The smallest absolute Gasteiger partial charge is 0.317 e. The highest BCUT2D eigenvalue weighted by atomic mass is 32.3. The van der Waals surface area contributed by atoms with Crippen molar-refractivity contribution in [2.75, 3.05) is 6.54 Å². The van der Waals surface area contributed by atoms with Crippen LogP contribution in [0.4, 0.5) is 0 Å². The van der Waals surface area contributed by atoms with Crippen molar-refractivity contribution >= 4 is 20.8 Å². The van der Waals surface area contributed by atoms with E-state index >= 15 is 0 Å². The van der Waals surface area contributed by atoms with Gasteiger partial charge in [-0.2, -0.15) is 16.8 Å². The van der Waals surface area contributed by atoms with Gasteiger partial charge in [0, 0.05) is 0 Å². The summed E-state index contributed by atoms with van der Waals surface area (Å²) in [5, 5.41) is 8.07. The molecule has 0 aliphatic heterocycles. The lowest BCUT2D eigenvalue weighted by Gasteiger charge is -2.11. The van der Waals surface area contributed by atoms with Crippen LogP contribution in [0.25, 0.3) is 0 Å². The highest BCUT2D eigenvalue weighted by molar-refractivity contribution is 7.81. The van der Waals surface area contributed by atoms with E-state index in [-0.39, 0.29) is 0 Å². The van der Waals surface area contributed by atoms with Crippen LogP contribution in [-0.4, -0.2) is 44.0 Å². The average Bonchev–Trinajstić information content (AvgIpc) is 1.78. The van der Waals surface area contributed by atoms with Gasteiger partial charge >= 0.3 is 20.8 Å². The first-order chi connectivity index (χ1) is 6.14. The Hall–Kier alpha value is -0.340. The van der Waals surface area contributed by atoms with Gasteiger partial charge in [-0.1, -0.05) is 0 Å². The van der Waals surface area contributed by atoms with Crippen LogP contribution in [0, 0.1) is 0 Å². The van der Waals surface area contributed by atoms with Gasteiger partial charge in [0.25, 0.3) is 0 Å². The monoisotopic (exact) mass is 253 g/mol. The third-order valence-electron chi connectivity index (χ3n) is 0.716. The van der Waals surface area contributed by atoms with E-state index in [9.17, 15) is 16.8 Å². The molecule has 0 radical (unpaired) electrons. The van der Waals surface area contributed by atoms with Gasteiger partial charge in [-0.05, 0) is 0 Å². The van der Waals surface area contributed by atoms with Crippen LogP contribution in [0.15, 0.2) is 0 Å². The summed E-state index contributed by atoms with van der Waals surface area (Å²) in [6, 6.07) is 0. The molecule has 0 heterocycles. The molecule has 0 aliphatic rings. The SMILES string of the molecule is O=S(=O)(O)OC(CNO)OS(=O)(=O)O. The zero-order valence-electron chi connectivity index (χ0n) is 6.39. The van der Waals surface area contributed by atoms with Gasteiger partial charge < -0.3 is 5.21 Å². The Kier molecular flexibility index (Phi) is 4.82. The highest BCUT2D eigenvalue weighted by Crippen LogP contribution is 2.02. The van der Waals surface area contributed by atoms with Crippen molar-refractivity contribution in [3.05, 3.63) is 0 Å². The van der Waals surface area contributed by atoms with E-state index in [1.807, 2.05) is 0 Å². The fraction of sp³-hybridized carbons (Fsp3) is 1.00. The van der Waals surface area contributed by atoms with Crippen LogP contribution < -0.4 is 5.48 Å². The third-order valence-corrected chi connectivity index (χ3v) is 1.63. The van der Waals surface area contributed by atoms with Crippen LogP contribution in [0.2, 0.25) is 0 Å². The normalized spacial score (nSPS) is 13.4. The predicted molar refractivity (Wildman–Crippen MR) is 38.8 cm³/mol. The molecule has 0 amide bonds. The molecule has 14 heavy (non-hydrogen) atoms. The van der Waals surface area contributed by atoms with E-state index in [0.29, 0.717) is 0 Å². The van der Waals surface area contributed by atoms with E-state index in [1.165, 1.54) is 5.48 Å². The number of hydrogen-bond donors (Lipinski definition) is 4. The predicted octanol–water partition coefficient (Wildman–Crippen LogP) is -2.07. The summed E-state index contributed by atoms with van der Waals surface area (Å²) < 4.78 is 63.7. The molecule has 0 aromatic carbocycles. The third kappa shape index (κ3) is 8.27. The molecule has 0 fully saturated rings. The summed E-state index contributed by atoms with van der Waals surface area (Å²) in [5.41, 5.74) is 1.31. The summed E-state index contributed by atoms with van der Waals surface area (Å²) in [6.07, 6.45) is -2.12. The molecule has 0 unspecified atom stereocenters. The molecule has 0 spiro atoms. The molecule has 0 saturated carbocycles. The van der Waals surface area contributed by atoms with E-state index in [1.54, 1.807) is 0 Å². The minimum absolute atomic E-state index is 0.820. The Morgan fingerprint density at radius 1 is 1.07 bits per heavy atom. The molecule has 12 heteroatoms. The first-order valence-electron chi connectivity index (χ1n) is 2.82. The quantitative estimate of drug-likeness (QED) is 0.235. The second kappa shape index (κ2) is 4.94. The Bertz CT molecular complexity index is 320. The highest BCUT2D eigenvalue weighted by Gasteiger charge is 2.23. The second-order valence-electron chi connectivity index (χ2n) is 1.84.